The van der Waals surface area contributed by atoms with Crippen LogP contribution in [0.15, 0.2) is 47.4 Å². The van der Waals surface area contributed by atoms with Gasteiger partial charge in [0.25, 0.3) is 15.9 Å². The van der Waals surface area contributed by atoms with Gasteiger partial charge in [-0.1, -0.05) is 19.4 Å². The molecule has 2 rings (SSSR count). The monoisotopic (exact) mass is 408 g/mol. The Morgan fingerprint density at radius 2 is 1.82 bits per heavy atom. The van der Waals surface area contributed by atoms with E-state index in [9.17, 15) is 22.7 Å². The third kappa shape index (κ3) is 5.53. The van der Waals surface area contributed by atoms with E-state index in [-0.39, 0.29) is 35.2 Å². The molecule has 0 aliphatic carbocycles. The zero-order valence-corrected chi connectivity index (χ0v) is 16.8. The summed E-state index contributed by atoms with van der Waals surface area (Å²) in [6, 6.07) is 9.44. The average Bonchev–Trinajstić information content (AvgIpc) is 2.66. The summed E-state index contributed by atoms with van der Waals surface area (Å²) in [7, 11) is -3.96. The van der Waals surface area contributed by atoms with E-state index in [4.69, 9.17) is 0 Å². The molecule has 2 aromatic carbocycles. The van der Waals surface area contributed by atoms with Gasteiger partial charge in [0.15, 0.2) is 0 Å². The Labute approximate surface area is 165 Å². The Morgan fingerprint density at radius 1 is 1.14 bits per heavy atom. The Balaban J connectivity index is 2.32. The van der Waals surface area contributed by atoms with Crippen LogP contribution in [0.4, 0.5) is 10.1 Å². The first-order chi connectivity index (χ1) is 13.3. The van der Waals surface area contributed by atoms with Crippen LogP contribution in [0.25, 0.3) is 0 Å². The zero-order valence-electron chi connectivity index (χ0n) is 16.0. The number of anilines is 1. The summed E-state index contributed by atoms with van der Waals surface area (Å²) in [5, 5.41) is 9.22. The Bertz CT molecular complexity index is 914. The van der Waals surface area contributed by atoms with Gasteiger partial charge in [-0.15, -0.1) is 0 Å². The number of hydrogen-bond acceptors (Lipinski definition) is 4. The number of aliphatic hydroxyl groups is 1. The van der Waals surface area contributed by atoms with Crippen molar-refractivity contribution >= 4 is 21.6 Å². The van der Waals surface area contributed by atoms with Gasteiger partial charge in [-0.25, -0.2) is 12.8 Å². The molecule has 0 saturated heterocycles. The molecule has 0 aliphatic heterocycles. The molecule has 6 nitrogen and oxygen atoms in total. The third-order valence-electron chi connectivity index (χ3n) is 4.26. The van der Waals surface area contributed by atoms with Crippen molar-refractivity contribution in [2.75, 3.05) is 24.4 Å². The Morgan fingerprint density at radius 3 is 2.43 bits per heavy atom. The predicted octanol–water partition coefficient (Wildman–Crippen LogP) is 3.17. The highest BCUT2D eigenvalue weighted by Crippen LogP contribution is 2.22. The first kappa shape index (κ1) is 21.8. The van der Waals surface area contributed by atoms with Crippen molar-refractivity contribution in [2.45, 2.75) is 31.6 Å². The number of unbranched alkanes of at least 4 members (excludes halogenated alkanes) is 1. The number of hydrogen-bond donors (Lipinski definition) is 2. The highest BCUT2D eigenvalue weighted by Gasteiger charge is 2.21. The maximum atomic E-state index is 13.0. The second kappa shape index (κ2) is 9.66. The second-order valence-corrected chi connectivity index (χ2v) is 8.11. The Hall–Kier alpha value is -2.45. The largest absolute Gasteiger partial charge is 0.395 e. The Kier molecular flexibility index (Phi) is 7.53. The lowest BCUT2D eigenvalue weighted by Crippen LogP contribution is -2.34. The van der Waals surface area contributed by atoms with Gasteiger partial charge in [0.2, 0.25) is 0 Å². The van der Waals surface area contributed by atoms with E-state index in [1.165, 1.54) is 23.1 Å². The van der Waals surface area contributed by atoms with Crippen LogP contribution in [0.5, 0.6) is 0 Å². The molecule has 0 saturated carbocycles. The van der Waals surface area contributed by atoms with Crippen molar-refractivity contribution in [2.24, 2.45) is 0 Å². The lowest BCUT2D eigenvalue weighted by Gasteiger charge is -2.22. The van der Waals surface area contributed by atoms with Crippen LogP contribution in [-0.2, 0) is 10.0 Å². The molecule has 1 amide bonds. The topological polar surface area (TPSA) is 86.7 Å². The summed E-state index contributed by atoms with van der Waals surface area (Å²) in [4.78, 5) is 14.3. The van der Waals surface area contributed by atoms with Gasteiger partial charge in [0.1, 0.15) is 5.82 Å². The number of nitrogens with zero attached hydrogens (tertiary/aromatic N) is 1. The third-order valence-corrected chi connectivity index (χ3v) is 5.78. The smallest absolute Gasteiger partial charge is 0.262 e. The number of carbonyl (C=O) groups is 1. The minimum absolute atomic E-state index is 0.0258. The van der Waals surface area contributed by atoms with Crippen molar-refractivity contribution in [1.82, 2.24) is 4.90 Å². The minimum atomic E-state index is -3.96. The van der Waals surface area contributed by atoms with E-state index in [1.54, 1.807) is 19.1 Å². The number of benzene rings is 2. The van der Waals surface area contributed by atoms with Crippen LogP contribution in [-0.4, -0.2) is 44.0 Å². The normalized spacial score (nSPS) is 11.3. The molecule has 0 atom stereocenters. The van der Waals surface area contributed by atoms with Gasteiger partial charge in [-0.05, 0) is 55.3 Å². The highest BCUT2D eigenvalue weighted by molar-refractivity contribution is 7.92. The molecule has 0 aliphatic rings. The number of sulfonamides is 1. The minimum Gasteiger partial charge on any atom is -0.395 e. The number of aliphatic hydroxyl groups excluding tert-OH is 1. The second-order valence-electron chi connectivity index (χ2n) is 6.46. The van der Waals surface area contributed by atoms with Crippen molar-refractivity contribution in [3.05, 3.63) is 59.4 Å². The quantitative estimate of drug-likeness (QED) is 0.667. The lowest BCUT2D eigenvalue weighted by atomic mass is 10.1. The summed E-state index contributed by atoms with van der Waals surface area (Å²) < 4.78 is 41.0. The van der Waals surface area contributed by atoms with Crippen LogP contribution in [0.1, 0.15) is 35.7 Å². The number of aryl methyl sites for hydroxylation is 1. The van der Waals surface area contributed by atoms with Crippen molar-refractivity contribution < 1.29 is 22.7 Å². The SMILES string of the molecule is CCCCN(CCO)C(=O)c1ccc(C)c(S(=O)(=O)Nc2ccc(F)cc2)c1. The fourth-order valence-corrected chi connectivity index (χ4v) is 4.05. The van der Waals surface area contributed by atoms with E-state index in [1.807, 2.05) is 6.92 Å². The van der Waals surface area contributed by atoms with E-state index < -0.39 is 15.8 Å². The van der Waals surface area contributed by atoms with Crippen molar-refractivity contribution in [1.29, 1.82) is 0 Å². The van der Waals surface area contributed by atoms with Crippen LogP contribution >= 0.6 is 0 Å². The molecule has 0 unspecified atom stereocenters. The first-order valence-corrected chi connectivity index (χ1v) is 10.6. The molecule has 0 heterocycles. The molecule has 28 heavy (non-hydrogen) atoms. The zero-order chi connectivity index (χ0) is 20.7. The maximum absolute atomic E-state index is 13.0. The van der Waals surface area contributed by atoms with Crippen molar-refractivity contribution in [3.8, 4) is 0 Å². The predicted molar refractivity (Wildman–Crippen MR) is 106 cm³/mol. The molecule has 152 valence electrons. The van der Waals surface area contributed by atoms with Gasteiger partial charge < -0.3 is 10.0 Å². The fraction of sp³-hybridized carbons (Fsp3) is 0.350. The first-order valence-electron chi connectivity index (χ1n) is 9.07. The number of nitrogens with one attached hydrogen (secondary N) is 1. The molecular weight excluding hydrogens is 383 g/mol. The van der Waals surface area contributed by atoms with Crippen LogP contribution in [0, 0.1) is 12.7 Å². The van der Waals surface area contributed by atoms with Gasteiger partial charge >= 0.3 is 0 Å². The molecule has 0 radical (unpaired) electrons. The van der Waals surface area contributed by atoms with Gasteiger partial charge in [-0.2, -0.15) is 0 Å². The van der Waals surface area contributed by atoms with Crippen LogP contribution in [0.2, 0.25) is 0 Å². The lowest BCUT2D eigenvalue weighted by molar-refractivity contribution is 0.0719. The van der Waals surface area contributed by atoms with E-state index in [2.05, 4.69) is 4.72 Å². The van der Waals surface area contributed by atoms with Crippen LogP contribution < -0.4 is 4.72 Å². The summed E-state index contributed by atoms with van der Waals surface area (Å²) in [5.41, 5.74) is 0.936. The van der Waals surface area contributed by atoms with Gasteiger partial charge in [0, 0.05) is 24.3 Å². The van der Waals surface area contributed by atoms with E-state index >= 15 is 0 Å². The highest BCUT2D eigenvalue weighted by atomic mass is 32.2. The van der Waals surface area contributed by atoms with Gasteiger partial charge in [0.05, 0.1) is 11.5 Å². The maximum Gasteiger partial charge on any atom is 0.262 e. The van der Waals surface area contributed by atoms with E-state index in [0.29, 0.717) is 12.1 Å². The summed E-state index contributed by atoms with van der Waals surface area (Å²) in [6.07, 6.45) is 1.68. The fourth-order valence-electron chi connectivity index (χ4n) is 2.72. The summed E-state index contributed by atoms with van der Waals surface area (Å²) in [6.45, 7) is 4.14. The molecule has 0 aromatic heterocycles. The van der Waals surface area contributed by atoms with Crippen LogP contribution in [0.3, 0.4) is 0 Å². The molecule has 0 fully saturated rings. The molecule has 0 bridgehead atoms. The molecule has 2 N–H and O–H groups in total. The number of halogens is 1. The molecular formula is C20H25FN2O4S. The average molecular weight is 408 g/mol. The molecule has 2 aromatic rings. The number of amides is 1. The standard InChI is InChI=1S/C20H25FN2O4S/c1-3-4-11-23(12-13-24)20(25)16-6-5-15(2)19(14-16)28(26,27)22-18-9-7-17(21)8-10-18/h5-10,14,22,24H,3-4,11-13H2,1-2H3. The van der Waals surface area contributed by atoms with Crippen molar-refractivity contribution in [3.63, 3.8) is 0 Å². The number of carbonyl (C=O) groups excluding carboxylic acids is 1. The number of rotatable bonds is 9. The summed E-state index contributed by atoms with van der Waals surface area (Å²) >= 11 is 0. The van der Waals surface area contributed by atoms with E-state index in [0.717, 1.165) is 25.0 Å². The molecule has 0 spiro atoms. The van der Waals surface area contributed by atoms with Gasteiger partial charge in [-0.3, -0.25) is 9.52 Å². The summed E-state index contributed by atoms with van der Waals surface area (Å²) in [5.74, 6) is -0.802. The molecule has 8 heteroatoms.